The van der Waals surface area contributed by atoms with Gasteiger partial charge in [0.1, 0.15) is 11.6 Å². The van der Waals surface area contributed by atoms with Gasteiger partial charge in [-0.15, -0.1) is 0 Å². The summed E-state index contributed by atoms with van der Waals surface area (Å²) in [5.74, 6) is 0. The summed E-state index contributed by atoms with van der Waals surface area (Å²) in [6.07, 6.45) is -4.88. The molecule has 1 heterocycles. The van der Waals surface area contributed by atoms with E-state index in [2.05, 4.69) is 0 Å². The Morgan fingerprint density at radius 1 is 1.13 bits per heavy atom. The van der Waals surface area contributed by atoms with E-state index >= 15 is 0 Å². The summed E-state index contributed by atoms with van der Waals surface area (Å²) in [4.78, 5) is 23.1. The Morgan fingerprint density at radius 2 is 1.80 bits per heavy atom. The van der Waals surface area contributed by atoms with Crippen LogP contribution in [0.3, 0.4) is 0 Å². The molecule has 1 aromatic heterocycles. The van der Waals surface area contributed by atoms with Gasteiger partial charge in [-0.25, -0.2) is 0 Å². The number of nitro benzene ring substituents is 1. The Kier molecular flexibility index (Phi) is 5.43. The van der Waals surface area contributed by atoms with E-state index in [0.29, 0.717) is 11.1 Å². The first-order valence-electron chi connectivity index (χ1n) is 8.67. The number of aryl methyl sites for hydroxylation is 1. The fourth-order valence-electron chi connectivity index (χ4n) is 3.08. The molecule has 0 aliphatic carbocycles. The van der Waals surface area contributed by atoms with Crippen molar-refractivity contribution in [1.82, 2.24) is 4.57 Å². The van der Waals surface area contributed by atoms with Crippen LogP contribution in [0, 0.1) is 28.4 Å². The van der Waals surface area contributed by atoms with Crippen LogP contribution in [0.15, 0.2) is 59.4 Å². The predicted molar refractivity (Wildman–Crippen MR) is 103 cm³/mol. The van der Waals surface area contributed by atoms with Gasteiger partial charge in [0.15, 0.2) is 0 Å². The molecule has 0 unspecified atom stereocenters. The van der Waals surface area contributed by atoms with Crippen LogP contribution in [0.5, 0.6) is 0 Å². The van der Waals surface area contributed by atoms with Crippen LogP contribution in [0.1, 0.15) is 22.3 Å². The fraction of sp³-hybridized carbons (Fsp3) is 0.143. The highest BCUT2D eigenvalue weighted by molar-refractivity contribution is 5.63. The molecule has 0 atom stereocenters. The van der Waals surface area contributed by atoms with Crippen LogP contribution in [-0.4, -0.2) is 9.49 Å². The van der Waals surface area contributed by atoms with Crippen LogP contribution in [-0.2, 0) is 12.7 Å². The zero-order valence-corrected chi connectivity index (χ0v) is 15.6. The number of hydrogen-bond donors (Lipinski definition) is 0. The summed E-state index contributed by atoms with van der Waals surface area (Å²) in [6, 6.07) is 14.1. The third-order valence-electron chi connectivity index (χ3n) is 4.52. The first-order valence-corrected chi connectivity index (χ1v) is 8.67. The van der Waals surface area contributed by atoms with Gasteiger partial charge in [0.05, 0.1) is 22.7 Å². The lowest BCUT2D eigenvalue weighted by atomic mass is 10.0. The number of nitro groups is 1. The highest BCUT2D eigenvalue weighted by Gasteiger charge is 2.36. The van der Waals surface area contributed by atoms with Crippen molar-refractivity contribution >= 4 is 5.69 Å². The van der Waals surface area contributed by atoms with E-state index in [1.165, 1.54) is 30.3 Å². The van der Waals surface area contributed by atoms with Gasteiger partial charge in [0.2, 0.25) is 0 Å². The van der Waals surface area contributed by atoms with E-state index in [4.69, 9.17) is 0 Å². The molecule has 0 aliphatic rings. The molecule has 6 nitrogen and oxygen atoms in total. The molecule has 0 saturated heterocycles. The Balaban J connectivity index is 2.25. The lowest BCUT2D eigenvalue weighted by Crippen LogP contribution is -2.28. The van der Waals surface area contributed by atoms with Crippen molar-refractivity contribution in [2.75, 3.05) is 0 Å². The summed E-state index contributed by atoms with van der Waals surface area (Å²) in [5.41, 5.74) is -1.93. The van der Waals surface area contributed by atoms with Crippen molar-refractivity contribution in [3.8, 4) is 17.3 Å². The summed E-state index contributed by atoms with van der Waals surface area (Å²) in [7, 11) is 0. The average molecular weight is 413 g/mol. The number of alkyl halides is 3. The van der Waals surface area contributed by atoms with Gasteiger partial charge in [-0.3, -0.25) is 14.9 Å². The van der Waals surface area contributed by atoms with Crippen LogP contribution >= 0.6 is 0 Å². The number of benzene rings is 2. The maximum absolute atomic E-state index is 13.5. The van der Waals surface area contributed by atoms with Gasteiger partial charge in [-0.1, -0.05) is 35.9 Å². The number of aromatic nitrogens is 1. The molecule has 3 aromatic rings. The van der Waals surface area contributed by atoms with Crippen LogP contribution < -0.4 is 5.56 Å². The van der Waals surface area contributed by atoms with E-state index in [0.717, 1.165) is 16.2 Å². The quantitative estimate of drug-likeness (QED) is 0.459. The van der Waals surface area contributed by atoms with E-state index in [-0.39, 0.29) is 17.9 Å². The molecule has 0 aliphatic heterocycles. The largest absolute Gasteiger partial charge is 0.417 e. The Morgan fingerprint density at radius 3 is 2.33 bits per heavy atom. The molecule has 0 radical (unpaired) electrons. The van der Waals surface area contributed by atoms with Crippen molar-refractivity contribution in [2.45, 2.75) is 19.6 Å². The zero-order chi connectivity index (χ0) is 22.1. The SMILES string of the molecule is Cc1cccc(-c2cc(C(F)(F)F)c(C#N)c(=O)n2Cc2ccc([N+](=O)[O-])cc2)c1. The Hall–Kier alpha value is -3.93. The monoisotopic (exact) mass is 413 g/mol. The number of nitrogens with zero attached hydrogens (tertiary/aromatic N) is 3. The van der Waals surface area contributed by atoms with Gasteiger partial charge in [-0.05, 0) is 30.2 Å². The van der Waals surface area contributed by atoms with Crippen molar-refractivity contribution in [3.05, 3.63) is 97.3 Å². The summed E-state index contributed by atoms with van der Waals surface area (Å²) < 4.78 is 41.6. The molecular formula is C21H14F3N3O3. The van der Waals surface area contributed by atoms with Gasteiger partial charge >= 0.3 is 6.18 Å². The van der Waals surface area contributed by atoms with Crippen LogP contribution in [0.2, 0.25) is 0 Å². The molecule has 2 aromatic carbocycles. The van der Waals surface area contributed by atoms with Gasteiger partial charge in [0.25, 0.3) is 11.2 Å². The lowest BCUT2D eigenvalue weighted by molar-refractivity contribution is -0.384. The van der Waals surface area contributed by atoms with E-state index in [9.17, 15) is 33.3 Å². The average Bonchev–Trinajstić information content (AvgIpc) is 2.68. The Bertz CT molecular complexity index is 1220. The second kappa shape index (κ2) is 7.83. The van der Waals surface area contributed by atoms with Crippen molar-refractivity contribution in [2.24, 2.45) is 0 Å². The molecule has 0 fully saturated rings. The molecule has 0 saturated carbocycles. The predicted octanol–water partition coefficient (Wildman–Crippen LogP) is 4.67. The molecule has 0 N–H and O–H groups in total. The molecule has 0 amide bonds. The first-order chi connectivity index (χ1) is 14.1. The number of hydrogen-bond acceptors (Lipinski definition) is 4. The maximum atomic E-state index is 13.5. The molecule has 0 bridgehead atoms. The Labute approximate surface area is 168 Å². The van der Waals surface area contributed by atoms with Crippen molar-refractivity contribution in [1.29, 1.82) is 5.26 Å². The first kappa shape index (κ1) is 20.8. The number of non-ortho nitro benzene ring substituents is 1. The topological polar surface area (TPSA) is 88.9 Å². The molecule has 30 heavy (non-hydrogen) atoms. The van der Waals surface area contributed by atoms with E-state index < -0.39 is 27.8 Å². The van der Waals surface area contributed by atoms with Crippen molar-refractivity contribution in [3.63, 3.8) is 0 Å². The third kappa shape index (κ3) is 4.07. The van der Waals surface area contributed by atoms with E-state index in [1.807, 2.05) is 0 Å². The second-order valence-corrected chi connectivity index (χ2v) is 6.61. The van der Waals surface area contributed by atoms with Gasteiger partial charge in [-0.2, -0.15) is 18.4 Å². The third-order valence-corrected chi connectivity index (χ3v) is 4.52. The van der Waals surface area contributed by atoms with Crippen LogP contribution in [0.4, 0.5) is 18.9 Å². The molecule has 152 valence electrons. The van der Waals surface area contributed by atoms with Crippen LogP contribution in [0.25, 0.3) is 11.3 Å². The number of pyridine rings is 1. The smallest absolute Gasteiger partial charge is 0.303 e. The molecular weight excluding hydrogens is 399 g/mol. The maximum Gasteiger partial charge on any atom is 0.417 e. The lowest BCUT2D eigenvalue weighted by Gasteiger charge is -2.18. The minimum absolute atomic E-state index is 0.00613. The number of halogens is 3. The standard InChI is InChI=1S/C21H14F3N3O3/c1-13-3-2-4-15(9-13)19-10-18(21(22,23)24)17(11-25)20(28)26(19)12-14-5-7-16(8-6-14)27(29)30/h2-10H,12H2,1H3. The minimum atomic E-state index is -4.88. The molecule has 9 heteroatoms. The fourth-order valence-corrected chi connectivity index (χ4v) is 3.08. The van der Waals surface area contributed by atoms with Gasteiger partial charge in [0, 0.05) is 12.1 Å². The highest BCUT2D eigenvalue weighted by Crippen LogP contribution is 2.34. The summed E-state index contributed by atoms with van der Waals surface area (Å²) in [5, 5.41) is 20.0. The minimum Gasteiger partial charge on any atom is -0.303 e. The van der Waals surface area contributed by atoms with Gasteiger partial charge < -0.3 is 4.57 Å². The zero-order valence-electron chi connectivity index (χ0n) is 15.6. The highest BCUT2D eigenvalue weighted by atomic mass is 19.4. The number of rotatable bonds is 4. The molecule has 3 rings (SSSR count). The summed E-state index contributed by atoms with van der Waals surface area (Å²) in [6.45, 7) is 1.60. The van der Waals surface area contributed by atoms with E-state index in [1.54, 1.807) is 31.2 Å². The normalized spacial score (nSPS) is 11.2. The summed E-state index contributed by atoms with van der Waals surface area (Å²) >= 11 is 0. The molecule has 0 spiro atoms. The van der Waals surface area contributed by atoms with Crippen molar-refractivity contribution < 1.29 is 18.1 Å². The number of nitriles is 1. The second-order valence-electron chi connectivity index (χ2n) is 6.61.